The summed E-state index contributed by atoms with van der Waals surface area (Å²) in [5.41, 5.74) is 4.16. The van der Waals surface area contributed by atoms with Crippen molar-refractivity contribution in [3.8, 4) is 0 Å². The molecule has 0 fully saturated rings. The second kappa shape index (κ2) is 5.92. The highest BCUT2D eigenvalue weighted by molar-refractivity contribution is 7.99. The summed E-state index contributed by atoms with van der Waals surface area (Å²) in [6.45, 7) is 2.96. The molecule has 1 aromatic carbocycles. The summed E-state index contributed by atoms with van der Waals surface area (Å²) < 4.78 is 0. The van der Waals surface area contributed by atoms with Gasteiger partial charge in [-0.05, 0) is 17.9 Å². The van der Waals surface area contributed by atoms with Crippen LogP contribution in [0.4, 0.5) is 5.69 Å². The van der Waals surface area contributed by atoms with Gasteiger partial charge in [-0.1, -0.05) is 19.1 Å². The van der Waals surface area contributed by atoms with Gasteiger partial charge < -0.3 is 5.32 Å². The summed E-state index contributed by atoms with van der Waals surface area (Å²) in [5.74, 6) is 1.09. The molecule has 0 aliphatic carbocycles. The molecule has 0 amide bonds. The van der Waals surface area contributed by atoms with Gasteiger partial charge >= 0.3 is 0 Å². The zero-order chi connectivity index (χ0) is 11.2. The third kappa shape index (κ3) is 3.00. The number of hydrogen-bond acceptors (Lipinski definition) is 4. The third-order valence-corrected chi connectivity index (χ3v) is 3.72. The number of thiazole rings is 1. The smallest absolute Gasteiger partial charge is 0.0795 e. The Hall–Kier alpha value is -1.00. The van der Waals surface area contributed by atoms with Gasteiger partial charge in [-0.3, -0.25) is 0 Å². The number of anilines is 1. The number of para-hydroxylation sites is 1. The van der Waals surface area contributed by atoms with E-state index in [0.717, 1.165) is 18.0 Å². The quantitative estimate of drug-likeness (QED) is 0.815. The molecule has 4 heteroatoms. The minimum absolute atomic E-state index is 0.796. The van der Waals surface area contributed by atoms with Crippen LogP contribution >= 0.6 is 23.1 Å². The Morgan fingerprint density at radius 1 is 1.38 bits per heavy atom. The van der Waals surface area contributed by atoms with Crippen molar-refractivity contribution in [1.29, 1.82) is 0 Å². The lowest BCUT2D eigenvalue weighted by Crippen LogP contribution is -2.00. The topological polar surface area (TPSA) is 24.9 Å². The summed E-state index contributed by atoms with van der Waals surface area (Å²) in [6.07, 6.45) is 0. The number of nitrogens with zero attached hydrogens (tertiary/aromatic N) is 1. The van der Waals surface area contributed by atoms with E-state index in [2.05, 4.69) is 46.9 Å². The minimum Gasteiger partial charge on any atom is -0.378 e. The standard InChI is InChI=1S/C12H14N2S2/c1-2-16-12-6-4-3-5-11(12)13-7-10-8-15-9-14-10/h3-6,8-9,13H,2,7H2,1H3. The largest absolute Gasteiger partial charge is 0.378 e. The van der Waals surface area contributed by atoms with E-state index in [1.807, 2.05) is 17.3 Å². The van der Waals surface area contributed by atoms with Gasteiger partial charge in [0.25, 0.3) is 0 Å². The molecule has 0 saturated carbocycles. The van der Waals surface area contributed by atoms with E-state index < -0.39 is 0 Å². The molecule has 84 valence electrons. The van der Waals surface area contributed by atoms with E-state index in [0.29, 0.717) is 0 Å². The molecule has 1 heterocycles. The van der Waals surface area contributed by atoms with Gasteiger partial charge in [-0.15, -0.1) is 23.1 Å². The van der Waals surface area contributed by atoms with Crippen LogP contribution in [-0.4, -0.2) is 10.7 Å². The number of thioether (sulfide) groups is 1. The molecule has 1 aromatic heterocycles. The van der Waals surface area contributed by atoms with Crippen LogP contribution in [-0.2, 0) is 6.54 Å². The molecule has 2 rings (SSSR count). The van der Waals surface area contributed by atoms with Crippen molar-refractivity contribution in [2.75, 3.05) is 11.1 Å². The minimum atomic E-state index is 0.796. The Morgan fingerprint density at radius 2 is 2.25 bits per heavy atom. The molecule has 2 nitrogen and oxygen atoms in total. The second-order valence-electron chi connectivity index (χ2n) is 3.26. The summed E-state index contributed by atoms with van der Waals surface area (Å²) in [5, 5.41) is 5.50. The van der Waals surface area contributed by atoms with Crippen LogP contribution < -0.4 is 5.32 Å². The van der Waals surface area contributed by atoms with E-state index in [1.165, 1.54) is 10.6 Å². The third-order valence-electron chi connectivity index (χ3n) is 2.13. The van der Waals surface area contributed by atoms with Crippen LogP contribution in [0.5, 0.6) is 0 Å². The lowest BCUT2D eigenvalue weighted by atomic mass is 10.3. The van der Waals surface area contributed by atoms with Crippen molar-refractivity contribution in [2.45, 2.75) is 18.4 Å². The Labute approximate surface area is 104 Å². The highest BCUT2D eigenvalue weighted by Gasteiger charge is 2.01. The number of aromatic nitrogens is 1. The van der Waals surface area contributed by atoms with Crippen LogP contribution in [0.1, 0.15) is 12.6 Å². The highest BCUT2D eigenvalue weighted by Crippen LogP contribution is 2.26. The molecule has 0 bridgehead atoms. The maximum atomic E-state index is 4.26. The van der Waals surface area contributed by atoms with Crippen LogP contribution in [0.15, 0.2) is 40.1 Å². The number of benzene rings is 1. The van der Waals surface area contributed by atoms with Crippen molar-refractivity contribution in [2.24, 2.45) is 0 Å². The fourth-order valence-electron chi connectivity index (χ4n) is 1.40. The Kier molecular flexibility index (Phi) is 4.25. The van der Waals surface area contributed by atoms with E-state index in [4.69, 9.17) is 0 Å². The lowest BCUT2D eigenvalue weighted by molar-refractivity contribution is 1.06. The molecular formula is C12H14N2S2. The van der Waals surface area contributed by atoms with Gasteiger partial charge in [-0.25, -0.2) is 4.98 Å². The van der Waals surface area contributed by atoms with Crippen LogP contribution in [0.25, 0.3) is 0 Å². The van der Waals surface area contributed by atoms with Gasteiger partial charge in [0.15, 0.2) is 0 Å². The maximum Gasteiger partial charge on any atom is 0.0795 e. The summed E-state index contributed by atoms with van der Waals surface area (Å²) in [4.78, 5) is 5.56. The lowest BCUT2D eigenvalue weighted by Gasteiger charge is -2.09. The second-order valence-corrected chi connectivity index (χ2v) is 5.29. The predicted octanol–water partition coefficient (Wildman–Crippen LogP) is 3.87. The normalized spacial score (nSPS) is 10.3. The van der Waals surface area contributed by atoms with Crippen LogP contribution in [0.2, 0.25) is 0 Å². The van der Waals surface area contributed by atoms with Gasteiger partial charge in [0.1, 0.15) is 0 Å². The highest BCUT2D eigenvalue weighted by atomic mass is 32.2. The first kappa shape index (κ1) is 11.5. The summed E-state index contributed by atoms with van der Waals surface area (Å²) in [6, 6.07) is 8.40. The number of hydrogen-bond donors (Lipinski definition) is 1. The van der Waals surface area contributed by atoms with Crippen molar-refractivity contribution in [3.05, 3.63) is 40.8 Å². The van der Waals surface area contributed by atoms with Crippen molar-refractivity contribution in [1.82, 2.24) is 4.98 Å². The molecule has 2 aromatic rings. The Bertz CT molecular complexity index is 426. The summed E-state index contributed by atoms with van der Waals surface area (Å²) >= 11 is 3.49. The first-order chi connectivity index (χ1) is 7.90. The molecule has 0 aliphatic rings. The van der Waals surface area contributed by atoms with Gasteiger partial charge in [-0.2, -0.15) is 0 Å². The Balaban J connectivity index is 2.03. The van der Waals surface area contributed by atoms with E-state index >= 15 is 0 Å². The average molecular weight is 250 g/mol. The molecule has 16 heavy (non-hydrogen) atoms. The Morgan fingerprint density at radius 3 is 3.00 bits per heavy atom. The monoisotopic (exact) mass is 250 g/mol. The first-order valence-electron chi connectivity index (χ1n) is 5.23. The fraction of sp³-hybridized carbons (Fsp3) is 0.250. The van der Waals surface area contributed by atoms with Crippen molar-refractivity contribution >= 4 is 28.8 Å². The zero-order valence-electron chi connectivity index (χ0n) is 9.14. The average Bonchev–Trinajstić information content (AvgIpc) is 2.81. The van der Waals surface area contributed by atoms with Crippen molar-refractivity contribution < 1.29 is 0 Å². The van der Waals surface area contributed by atoms with Crippen LogP contribution in [0, 0.1) is 0 Å². The van der Waals surface area contributed by atoms with E-state index in [1.54, 1.807) is 11.3 Å². The molecule has 0 spiro atoms. The van der Waals surface area contributed by atoms with Gasteiger partial charge in [0.2, 0.25) is 0 Å². The molecular weight excluding hydrogens is 236 g/mol. The molecule has 0 unspecified atom stereocenters. The molecule has 0 radical (unpaired) electrons. The number of rotatable bonds is 5. The molecule has 0 saturated heterocycles. The van der Waals surface area contributed by atoms with Gasteiger partial charge in [0.05, 0.1) is 17.7 Å². The molecule has 0 atom stereocenters. The fourth-order valence-corrected chi connectivity index (χ4v) is 2.74. The maximum absolute atomic E-state index is 4.26. The predicted molar refractivity (Wildman–Crippen MR) is 72.3 cm³/mol. The van der Waals surface area contributed by atoms with Crippen LogP contribution in [0.3, 0.4) is 0 Å². The molecule has 0 aliphatic heterocycles. The van der Waals surface area contributed by atoms with E-state index in [-0.39, 0.29) is 0 Å². The van der Waals surface area contributed by atoms with E-state index in [9.17, 15) is 0 Å². The van der Waals surface area contributed by atoms with Gasteiger partial charge in [0, 0.05) is 16.0 Å². The summed E-state index contributed by atoms with van der Waals surface area (Å²) in [7, 11) is 0. The van der Waals surface area contributed by atoms with Crippen molar-refractivity contribution in [3.63, 3.8) is 0 Å². The SMILES string of the molecule is CCSc1ccccc1NCc1cscn1. The number of nitrogens with one attached hydrogen (secondary N) is 1. The zero-order valence-corrected chi connectivity index (χ0v) is 10.8. The first-order valence-corrected chi connectivity index (χ1v) is 7.15. The molecule has 1 N–H and O–H groups in total.